The lowest BCUT2D eigenvalue weighted by Gasteiger charge is -2.14. The molecule has 0 amide bonds. The van der Waals surface area contributed by atoms with Crippen LogP contribution in [0.4, 0.5) is 4.39 Å². The van der Waals surface area contributed by atoms with Crippen LogP contribution in [0.3, 0.4) is 0 Å². The molecule has 0 saturated carbocycles. The Morgan fingerprint density at radius 2 is 1.90 bits per heavy atom. The Morgan fingerprint density at radius 3 is 2.50 bits per heavy atom. The quantitative estimate of drug-likeness (QED) is 0.881. The molecule has 1 atom stereocenters. The Bertz CT molecular complexity index is 567. The normalized spacial score (nSPS) is 12.2. The molecule has 0 radical (unpaired) electrons. The van der Waals surface area contributed by atoms with Crippen molar-refractivity contribution in [1.29, 1.82) is 0 Å². The first-order chi connectivity index (χ1) is 9.61. The maximum atomic E-state index is 13.9. The first-order valence-corrected chi connectivity index (χ1v) is 6.53. The van der Waals surface area contributed by atoms with E-state index in [-0.39, 0.29) is 18.4 Å². The van der Waals surface area contributed by atoms with E-state index in [1.165, 1.54) is 6.07 Å². The van der Waals surface area contributed by atoms with Gasteiger partial charge in [-0.05, 0) is 37.1 Å². The summed E-state index contributed by atoms with van der Waals surface area (Å²) in [5, 5.41) is 8.86. The van der Waals surface area contributed by atoms with Crippen LogP contribution in [-0.2, 0) is 6.42 Å². The van der Waals surface area contributed by atoms with Gasteiger partial charge in [-0.15, -0.1) is 0 Å². The topological polar surface area (TPSA) is 55.5 Å². The molecule has 3 N–H and O–H groups in total. The summed E-state index contributed by atoms with van der Waals surface area (Å²) in [5.41, 5.74) is 7.46. The van der Waals surface area contributed by atoms with E-state index in [0.717, 1.165) is 5.56 Å². The van der Waals surface area contributed by atoms with Crippen molar-refractivity contribution in [3.8, 4) is 11.5 Å². The van der Waals surface area contributed by atoms with E-state index in [0.29, 0.717) is 17.7 Å². The zero-order valence-corrected chi connectivity index (χ0v) is 11.3. The van der Waals surface area contributed by atoms with Crippen LogP contribution in [-0.4, -0.2) is 11.7 Å². The number of benzene rings is 2. The number of rotatable bonds is 5. The predicted molar refractivity (Wildman–Crippen MR) is 76.3 cm³/mol. The molecule has 0 bridgehead atoms. The highest BCUT2D eigenvalue weighted by Gasteiger charge is 2.13. The minimum Gasteiger partial charge on any atom is -0.454 e. The van der Waals surface area contributed by atoms with Crippen molar-refractivity contribution in [2.45, 2.75) is 19.4 Å². The molecule has 0 aliphatic rings. The van der Waals surface area contributed by atoms with E-state index in [9.17, 15) is 4.39 Å². The van der Waals surface area contributed by atoms with Crippen LogP contribution < -0.4 is 10.5 Å². The smallest absolute Gasteiger partial charge is 0.167 e. The van der Waals surface area contributed by atoms with Crippen molar-refractivity contribution < 1.29 is 14.2 Å². The summed E-state index contributed by atoms with van der Waals surface area (Å²) >= 11 is 0. The highest BCUT2D eigenvalue weighted by atomic mass is 19.1. The van der Waals surface area contributed by atoms with Gasteiger partial charge in [0.25, 0.3) is 0 Å². The number of aliphatic hydroxyl groups excluding tert-OH is 1. The molecule has 2 aromatic carbocycles. The second kappa shape index (κ2) is 6.50. The molecule has 0 spiro atoms. The van der Waals surface area contributed by atoms with Gasteiger partial charge in [-0.3, -0.25) is 0 Å². The summed E-state index contributed by atoms with van der Waals surface area (Å²) in [6, 6.07) is 11.6. The lowest BCUT2D eigenvalue weighted by Crippen LogP contribution is -2.07. The molecule has 106 valence electrons. The van der Waals surface area contributed by atoms with Gasteiger partial charge in [0, 0.05) is 18.2 Å². The Labute approximate surface area is 117 Å². The van der Waals surface area contributed by atoms with Gasteiger partial charge in [0.15, 0.2) is 11.6 Å². The van der Waals surface area contributed by atoms with Crippen molar-refractivity contribution in [2.24, 2.45) is 5.73 Å². The maximum Gasteiger partial charge on any atom is 0.167 e. The van der Waals surface area contributed by atoms with Crippen LogP contribution in [0.15, 0.2) is 42.5 Å². The minimum absolute atomic E-state index is 0.0996. The SMILES string of the molecule is C[C@@H](N)c1cccc(F)c1Oc1ccc(CCO)cc1. The standard InChI is InChI=1S/C16H18FNO2/c1-11(18)14-3-2-4-15(17)16(14)20-13-7-5-12(6-8-13)9-10-19/h2-8,11,19H,9-10,18H2,1H3/t11-/m1/s1. The number of ether oxygens (including phenoxy) is 1. The van der Waals surface area contributed by atoms with Crippen LogP contribution in [0.25, 0.3) is 0 Å². The molecule has 4 heteroatoms. The molecule has 0 heterocycles. The van der Waals surface area contributed by atoms with Crippen LogP contribution in [0, 0.1) is 5.82 Å². The number of aliphatic hydroxyl groups is 1. The van der Waals surface area contributed by atoms with Crippen molar-refractivity contribution in [3.05, 3.63) is 59.4 Å². The Hall–Kier alpha value is -1.91. The average Bonchev–Trinajstić information content (AvgIpc) is 2.43. The third-order valence-corrected chi connectivity index (χ3v) is 3.03. The molecule has 3 nitrogen and oxygen atoms in total. The minimum atomic E-state index is -0.431. The Kier molecular flexibility index (Phi) is 4.71. The lowest BCUT2D eigenvalue weighted by atomic mass is 10.1. The summed E-state index contributed by atoms with van der Waals surface area (Å²) in [4.78, 5) is 0. The number of hydrogen-bond donors (Lipinski definition) is 2. The van der Waals surface area contributed by atoms with Crippen molar-refractivity contribution >= 4 is 0 Å². The summed E-state index contributed by atoms with van der Waals surface area (Å²) in [5.74, 6) is 0.273. The van der Waals surface area contributed by atoms with Gasteiger partial charge in [0.1, 0.15) is 5.75 Å². The van der Waals surface area contributed by atoms with Gasteiger partial charge in [0.2, 0.25) is 0 Å². The molecular formula is C16H18FNO2. The second-order valence-corrected chi connectivity index (χ2v) is 4.67. The van der Waals surface area contributed by atoms with Crippen molar-refractivity contribution in [2.75, 3.05) is 6.61 Å². The van der Waals surface area contributed by atoms with Crippen LogP contribution >= 0.6 is 0 Å². The van der Waals surface area contributed by atoms with Crippen molar-refractivity contribution in [1.82, 2.24) is 0 Å². The van der Waals surface area contributed by atoms with E-state index in [1.807, 2.05) is 12.1 Å². The Morgan fingerprint density at radius 1 is 1.20 bits per heavy atom. The summed E-state index contributed by atoms with van der Waals surface area (Å²) in [6.45, 7) is 1.88. The van der Waals surface area contributed by atoms with E-state index in [1.54, 1.807) is 31.2 Å². The van der Waals surface area contributed by atoms with Crippen LogP contribution in [0.2, 0.25) is 0 Å². The summed E-state index contributed by atoms with van der Waals surface area (Å²) in [6.07, 6.45) is 0.588. The van der Waals surface area contributed by atoms with Gasteiger partial charge in [0.05, 0.1) is 0 Å². The zero-order chi connectivity index (χ0) is 14.5. The number of para-hydroxylation sites is 1. The number of nitrogens with two attached hydrogens (primary N) is 1. The summed E-state index contributed by atoms with van der Waals surface area (Å²) < 4.78 is 19.5. The monoisotopic (exact) mass is 275 g/mol. The molecule has 0 unspecified atom stereocenters. The van der Waals surface area contributed by atoms with E-state index in [2.05, 4.69) is 0 Å². The third-order valence-electron chi connectivity index (χ3n) is 3.03. The fourth-order valence-corrected chi connectivity index (χ4v) is 1.96. The molecular weight excluding hydrogens is 257 g/mol. The van der Waals surface area contributed by atoms with Gasteiger partial charge in [-0.2, -0.15) is 0 Å². The molecule has 2 rings (SSSR count). The van der Waals surface area contributed by atoms with E-state index < -0.39 is 5.82 Å². The third kappa shape index (κ3) is 3.35. The molecule has 0 saturated heterocycles. The molecule has 0 aliphatic heterocycles. The van der Waals surface area contributed by atoms with Gasteiger partial charge in [-0.1, -0.05) is 24.3 Å². The van der Waals surface area contributed by atoms with Gasteiger partial charge in [-0.25, -0.2) is 4.39 Å². The fraction of sp³-hybridized carbons (Fsp3) is 0.250. The summed E-state index contributed by atoms with van der Waals surface area (Å²) in [7, 11) is 0. The van der Waals surface area contributed by atoms with Crippen molar-refractivity contribution in [3.63, 3.8) is 0 Å². The largest absolute Gasteiger partial charge is 0.454 e. The maximum absolute atomic E-state index is 13.9. The molecule has 0 aliphatic carbocycles. The lowest BCUT2D eigenvalue weighted by molar-refractivity contribution is 0.299. The van der Waals surface area contributed by atoms with E-state index >= 15 is 0 Å². The Balaban J connectivity index is 2.25. The fourth-order valence-electron chi connectivity index (χ4n) is 1.96. The highest BCUT2D eigenvalue weighted by Crippen LogP contribution is 2.31. The highest BCUT2D eigenvalue weighted by molar-refractivity contribution is 5.41. The molecule has 0 fully saturated rings. The molecule has 0 aromatic heterocycles. The van der Waals surface area contributed by atoms with E-state index in [4.69, 9.17) is 15.6 Å². The first-order valence-electron chi connectivity index (χ1n) is 6.53. The second-order valence-electron chi connectivity index (χ2n) is 4.67. The van der Waals surface area contributed by atoms with Gasteiger partial charge < -0.3 is 15.6 Å². The number of hydrogen-bond acceptors (Lipinski definition) is 3. The molecule has 2 aromatic rings. The molecule has 20 heavy (non-hydrogen) atoms. The average molecular weight is 275 g/mol. The van der Waals surface area contributed by atoms with Crippen LogP contribution in [0.5, 0.6) is 11.5 Å². The number of halogens is 1. The van der Waals surface area contributed by atoms with Crippen LogP contribution in [0.1, 0.15) is 24.1 Å². The van der Waals surface area contributed by atoms with Gasteiger partial charge >= 0.3 is 0 Å². The zero-order valence-electron chi connectivity index (χ0n) is 11.3. The first kappa shape index (κ1) is 14.5. The predicted octanol–water partition coefficient (Wildman–Crippen LogP) is 3.17.